The number of nitrogens with one attached hydrogen (secondary N) is 1. The van der Waals surface area contributed by atoms with Crippen molar-refractivity contribution in [3.05, 3.63) is 60.2 Å². The fourth-order valence-corrected chi connectivity index (χ4v) is 3.23. The highest BCUT2D eigenvalue weighted by Crippen LogP contribution is 2.40. The molecule has 1 fully saturated rings. The fourth-order valence-electron chi connectivity index (χ4n) is 3.23. The molecule has 0 unspecified atom stereocenters. The zero-order valence-corrected chi connectivity index (χ0v) is 14.2. The smallest absolute Gasteiger partial charge is 0.251 e. The summed E-state index contributed by atoms with van der Waals surface area (Å²) in [4.78, 5) is 40.6. The molecule has 6 nitrogen and oxygen atoms in total. The third-order valence-electron chi connectivity index (χ3n) is 4.64. The van der Waals surface area contributed by atoms with Gasteiger partial charge in [0, 0.05) is 11.6 Å². The second-order valence-corrected chi connectivity index (χ2v) is 6.51. The van der Waals surface area contributed by atoms with Crippen LogP contribution in [0.4, 0.5) is 11.4 Å². The third kappa shape index (κ3) is 3.06. The van der Waals surface area contributed by atoms with Gasteiger partial charge in [0.05, 0.1) is 17.9 Å². The number of rotatable bonds is 4. The molecule has 0 bridgehead atoms. The molecule has 0 atom stereocenters. The molecule has 0 saturated heterocycles. The van der Waals surface area contributed by atoms with Crippen LogP contribution in [0.1, 0.15) is 23.2 Å². The standard InChI is InChI=1S/C20H19N3O3/c24-18(12-21-20(26)14-6-2-1-3-7-14)22-13-19(25)23(15-10-11-15)17-9-5-4-8-16(17)22/h1-9,15H,10-13H2,(H,21,26). The van der Waals surface area contributed by atoms with Crippen LogP contribution in [-0.4, -0.2) is 36.9 Å². The lowest BCUT2D eigenvalue weighted by Crippen LogP contribution is -2.51. The van der Waals surface area contributed by atoms with Crippen LogP contribution < -0.4 is 15.1 Å². The molecule has 2 aliphatic rings. The van der Waals surface area contributed by atoms with E-state index in [9.17, 15) is 14.4 Å². The number of amides is 3. The van der Waals surface area contributed by atoms with Crippen LogP contribution in [0, 0.1) is 0 Å². The summed E-state index contributed by atoms with van der Waals surface area (Å²) in [6.07, 6.45) is 2.00. The number of carbonyl (C=O) groups is 3. The maximum atomic E-state index is 12.7. The Kier molecular flexibility index (Phi) is 4.16. The summed E-state index contributed by atoms with van der Waals surface area (Å²) in [6.45, 7) is -0.147. The van der Waals surface area contributed by atoms with E-state index in [1.54, 1.807) is 24.3 Å². The number of para-hydroxylation sites is 2. The van der Waals surface area contributed by atoms with Crippen molar-refractivity contribution in [2.75, 3.05) is 22.9 Å². The fraction of sp³-hybridized carbons (Fsp3) is 0.250. The van der Waals surface area contributed by atoms with Gasteiger partial charge in [-0.3, -0.25) is 19.3 Å². The number of fused-ring (bicyclic) bond motifs is 1. The number of hydrogen-bond acceptors (Lipinski definition) is 3. The van der Waals surface area contributed by atoms with Crippen molar-refractivity contribution >= 4 is 29.1 Å². The molecule has 4 rings (SSSR count). The number of hydrogen-bond donors (Lipinski definition) is 1. The van der Waals surface area contributed by atoms with Gasteiger partial charge in [0.15, 0.2) is 0 Å². The van der Waals surface area contributed by atoms with Crippen molar-refractivity contribution in [1.29, 1.82) is 0 Å². The van der Waals surface area contributed by atoms with Gasteiger partial charge in [-0.1, -0.05) is 30.3 Å². The van der Waals surface area contributed by atoms with Crippen molar-refractivity contribution in [2.24, 2.45) is 0 Å². The Labute approximate surface area is 151 Å². The highest BCUT2D eigenvalue weighted by molar-refractivity contribution is 6.12. The topological polar surface area (TPSA) is 69.7 Å². The first-order valence-electron chi connectivity index (χ1n) is 8.70. The minimum Gasteiger partial charge on any atom is -0.343 e. The quantitative estimate of drug-likeness (QED) is 0.917. The minimum atomic E-state index is -0.310. The summed E-state index contributed by atoms with van der Waals surface area (Å²) in [6, 6.07) is 16.4. The van der Waals surface area contributed by atoms with E-state index in [2.05, 4.69) is 5.32 Å². The van der Waals surface area contributed by atoms with Crippen LogP contribution in [0.15, 0.2) is 54.6 Å². The molecule has 3 amide bonds. The molecule has 1 heterocycles. The number of carbonyl (C=O) groups excluding carboxylic acids is 3. The lowest BCUT2D eigenvalue weighted by molar-refractivity contribution is -0.122. The van der Waals surface area contributed by atoms with Crippen molar-refractivity contribution in [1.82, 2.24) is 5.32 Å². The molecule has 0 spiro atoms. The summed E-state index contributed by atoms with van der Waals surface area (Å²) >= 11 is 0. The van der Waals surface area contributed by atoms with E-state index < -0.39 is 0 Å². The zero-order chi connectivity index (χ0) is 18.1. The van der Waals surface area contributed by atoms with Gasteiger partial charge in [-0.15, -0.1) is 0 Å². The van der Waals surface area contributed by atoms with E-state index in [1.165, 1.54) is 4.90 Å². The Morgan fingerprint density at radius 1 is 0.962 bits per heavy atom. The summed E-state index contributed by atoms with van der Waals surface area (Å²) < 4.78 is 0. The van der Waals surface area contributed by atoms with Gasteiger partial charge in [0.1, 0.15) is 6.54 Å². The third-order valence-corrected chi connectivity index (χ3v) is 4.64. The van der Waals surface area contributed by atoms with Crippen molar-refractivity contribution in [3.8, 4) is 0 Å². The molecule has 6 heteroatoms. The molecule has 2 aromatic carbocycles. The van der Waals surface area contributed by atoms with Gasteiger partial charge in [-0.05, 0) is 37.1 Å². The summed E-state index contributed by atoms with van der Waals surface area (Å²) in [5, 5.41) is 2.63. The predicted molar refractivity (Wildman–Crippen MR) is 98.1 cm³/mol. The average molecular weight is 349 g/mol. The molecule has 1 N–H and O–H groups in total. The van der Waals surface area contributed by atoms with Crippen LogP contribution in [0.3, 0.4) is 0 Å². The van der Waals surface area contributed by atoms with E-state index >= 15 is 0 Å². The zero-order valence-electron chi connectivity index (χ0n) is 14.2. The maximum Gasteiger partial charge on any atom is 0.251 e. The number of nitrogens with zero attached hydrogens (tertiary/aromatic N) is 2. The molecule has 0 radical (unpaired) electrons. The Balaban J connectivity index is 1.50. The van der Waals surface area contributed by atoms with Gasteiger partial charge in [0.25, 0.3) is 5.91 Å². The van der Waals surface area contributed by atoms with E-state index in [0.717, 1.165) is 24.2 Å². The van der Waals surface area contributed by atoms with Gasteiger partial charge >= 0.3 is 0 Å². The van der Waals surface area contributed by atoms with Crippen LogP contribution in [-0.2, 0) is 9.59 Å². The SMILES string of the molecule is O=C(NCC(=O)N1CC(=O)N(C2CC2)c2ccccc21)c1ccccc1. The molecule has 26 heavy (non-hydrogen) atoms. The minimum absolute atomic E-state index is 0.00749. The van der Waals surface area contributed by atoms with Gasteiger partial charge in [-0.25, -0.2) is 0 Å². The monoisotopic (exact) mass is 349 g/mol. The molecule has 2 aromatic rings. The summed E-state index contributed by atoms with van der Waals surface area (Å²) in [7, 11) is 0. The second-order valence-electron chi connectivity index (χ2n) is 6.51. The lowest BCUT2D eigenvalue weighted by atomic mass is 10.1. The van der Waals surface area contributed by atoms with Gasteiger partial charge in [-0.2, -0.15) is 0 Å². The first-order chi connectivity index (χ1) is 12.6. The van der Waals surface area contributed by atoms with Crippen molar-refractivity contribution in [3.63, 3.8) is 0 Å². The highest BCUT2D eigenvalue weighted by atomic mass is 16.2. The van der Waals surface area contributed by atoms with E-state index in [4.69, 9.17) is 0 Å². The van der Waals surface area contributed by atoms with Gasteiger partial charge in [0.2, 0.25) is 11.8 Å². The number of anilines is 2. The molecular formula is C20H19N3O3. The summed E-state index contributed by atoms with van der Waals surface area (Å²) in [5.41, 5.74) is 1.99. The Hall–Kier alpha value is -3.15. The average Bonchev–Trinajstić information content (AvgIpc) is 3.50. The Morgan fingerprint density at radius 3 is 2.31 bits per heavy atom. The van der Waals surface area contributed by atoms with Crippen LogP contribution in [0.5, 0.6) is 0 Å². The lowest BCUT2D eigenvalue weighted by Gasteiger charge is -2.36. The largest absolute Gasteiger partial charge is 0.343 e. The van der Waals surface area contributed by atoms with Crippen LogP contribution in [0.2, 0.25) is 0 Å². The van der Waals surface area contributed by atoms with Crippen LogP contribution >= 0.6 is 0 Å². The Morgan fingerprint density at radius 2 is 1.62 bits per heavy atom. The molecule has 132 valence electrons. The molecule has 0 aromatic heterocycles. The predicted octanol–water partition coefficient (Wildman–Crippen LogP) is 1.96. The second kappa shape index (κ2) is 6.63. The molecular weight excluding hydrogens is 330 g/mol. The maximum absolute atomic E-state index is 12.7. The van der Waals surface area contributed by atoms with Crippen molar-refractivity contribution < 1.29 is 14.4 Å². The molecule has 1 aliphatic carbocycles. The first-order valence-corrected chi connectivity index (χ1v) is 8.70. The molecule has 1 aliphatic heterocycles. The van der Waals surface area contributed by atoms with E-state index in [-0.39, 0.29) is 36.9 Å². The van der Waals surface area contributed by atoms with E-state index in [1.807, 2.05) is 35.2 Å². The van der Waals surface area contributed by atoms with E-state index in [0.29, 0.717) is 5.56 Å². The van der Waals surface area contributed by atoms with Crippen molar-refractivity contribution in [2.45, 2.75) is 18.9 Å². The number of benzene rings is 2. The normalized spacial score (nSPS) is 16.2. The highest BCUT2D eigenvalue weighted by Gasteiger charge is 2.40. The van der Waals surface area contributed by atoms with Crippen LogP contribution in [0.25, 0.3) is 0 Å². The summed E-state index contributed by atoms with van der Waals surface area (Å²) in [5.74, 6) is -0.686. The Bertz CT molecular complexity index is 862. The molecule has 1 saturated carbocycles. The van der Waals surface area contributed by atoms with Gasteiger partial charge < -0.3 is 10.2 Å². The first kappa shape index (κ1) is 16.3.